The van der Waals surface area contributed by atoms with Crippen LogP contribution in [-0.2, 0) is 11.3 Å². The van der Waals surface area contributed by atoms with E-state index in [2.05, 4.69) is 9.88 Å². The molecular formula is C20H24N4O3. The van der Waals surface area contributed by atoms with Gasteiger partial charge in [-0.3, -0.25) is 9.69 Å². The molecule has 4 heterocycles. The normalized spacial score (nSPS) is 15.3. The van der Waals surface area contributed by atoms with Crippen molar-refractivity contribution < 1.29 is 13.9 Å². The largest absolute Gasteiger partial charge is 0.467 e. The fourth-order valence-corrected chi connectivity index (χ4v) is 3.28. The summed E-state index contributed by atoms with van der Waals surface area (Å²) in [6, 6.07) is 7.71. The van der Waals surface area contributed by atoms with E-state index in [1.807, 2.05) is 46.7 Å². The first kappa shape index (κ1) is 17.8. The van der Waals surface area contributed by atoms with Crippen LogP contribution in [0.25, 0.3) is 5.65 Å². The Hall–Kier alpha value is -2.64. The molecule has 0 saturated carbocycles. The molecule has 0 N–H and O–H groups in total. The number of pyridine rings is 1. The monoisotopic (exact) mass is 368 g/mol. The Morgan fingerprint density at radius 2 is 2.15 bits per heavy atom. The molecule has 142 valence electrons. The van der Waals surface area contributed by atoms with E-state index in [9.17, 15) is 4.79 Å². The van der Waals surface area contributed by atoms with Gasteiger partial charge in [-0.1, -0.05) is 0 Å². The lowest BCUT2D eigenvalue weighted by molar-refractivity contribution is 0.0316. The number of furan rings is 1. The van der Waals surface area contributed by atoms with Crippen LogP contribution in [0.1, 0.15) is 21.8 Å². The average molecular weight is 368 g/mol. The van der Waals surface area contributed by atoms with Crippen LogP contribution >= 0.6 is 0 Å². The maximum atomic E-state index is 13.2. The van der Waals surface area contributed by atoms with E-state index in [1.54, 1.807) is 12.5 Å². The highest BCUT2D eigenvalue weighted by molar-refractivity contribution is 5.92. The summed E-state index contributed by atoms with van der Waals surface area (Å²) < 4.78 is 12.7. The first-order valence-corrected chi connectivity index (χ1v) is 9.26. The third-order valence-electron chi connectivity index (χ3n) is 4.84. The van der Waals surface area contributed by atoms with Crippen molar-refractivity contribution in [1.29, 1.82) is 0 Å². The van der Waals surface area contributed by atoms with Crippen molar-refractivity contribution in [3.8, 4) is 0 Å². The molecule has 1 amide bonds. The number of aromatic nitrogens is 2. The van der Waals surface area contributed by atoms with Gasteiger partial charge in [0, 0.05) is 38.6 Å². The molecule has 3 aromatic heterocycles. The van der Waals surface area contributed by atoms with E-state index >= 15 is 0 Å². The lowest BCUT2D eigenvalue weighted by atomic mass is 10.3. The van der Waals surface area contributed by atoms with Crippen LogP contribution in [0, 0.1) is 6.92 Å². The van der Waals surface area contributed by atoms with Crippen molar-refractivity contribution in [2.24, 2.45) is 0 Å². The number of morpholine rings is 1. The summed E-state index contributed by atoms with van der Waals surface area (Å²) in [4.78, 5) is 21.8. The SMILES string of the molecule is Cc1ccn2cc(C(=O)N(CCN3CCOCC3)Cc3ccco3)nc2c1. The molecule has 0 bridgehead atoms. The lowest BCUT2D eigenvalue weighted by Crippen LogP contribution is -2.43. The van der Waals surface area contributed by atoms with E-state index in [0.29, 0.717) is 18.8 Å². The minimum Gasteiger partial charge on any atom is -0.467 e. The molecule has 0 atom stereocenters. The van der Waals surface area contributed by atoms with Crippen molar-refractivity contribution in [1.82, 2.24) is 19.2 Å². The quantitative estimate of drug-likeness (QED) is 0.668. The van der Waals surface area contributed by atoms with Crippen LogP contribution in [0.15, 0.2) is 47.3 Å². The summed E-state index contributed by atoms with van der Waals surface area (Å²) in [7, 11) is 0. The summed E-state index contributed by atoms with van der Waals surface area (Å²) >= 11 is 0. The van der Waals surface area contributed by atoms with E-state index in [0.717, 1.165) is 49.8 Å². The molecule has 27 heavy (non-hydrogen) atoms. The highest BCUT2D eigenvalue weighted by Crippen LogP contribution is 2.13. The van der Waals surface area contributed by atoms with Gasteiger partial charge in [-0.2, -0.15) is 0 Å². The van der Waals surface area contributed by atoms with E-state index in [1.165, 1.54) is 0 Å². The predicted octanol–water partition coefficient (Wildman–Crippen LogP) is 2.21. The molecule has 1 saturated heterocycles. The van der Waals surface area contributed by atoms with Crippen molar-refractivity contribution >= 4 is 11.6 Å². The highest BCUT2D eigenvalue weighted by Gasteiger charge is 2.21. The Bertz CT molecular complexity index is 897. The van der Waals surface area contributed by atoms with Crippen LogP contribution in [0.3, 0.4) is 0 Å². The molecule has 1 aliphatic heterocycles. The van der Waals surface area contributed by atoms with Gasteiger partial charge in [0.15, 0.2) is 0 Å². The van der Waals surface area contributed by atoms with Gasteiger partial charge in [0.05, 0.1) is 26.0 Å². The van der Waals surface area contributed by atoms with Crippen LogP contribution in [0.4, 0.5) is 0 Å². The number of amides is 1. The molecule has 4 rings (SSSR count). The van der Waals surface area contributed by atoms with Gasteiger partial charge in [0.1, 0.15) is 17.1 Å². The number of carbonyl (C=O) groups excluding carboxylic acids is 1. The van der Waals surface area contributed by atoms with Gasteiger partial charge in [-0.15, -0.1) is 0 Å². The van der Waals surface area contributed by atoms with Crippen molar-refractivity contribution in [3.63, 3.8) is 0 Å². The Balaban J connectivity index is 1.52. The Kier molecular flexibility index (Phi) is 5.22. The van der Waals surface area contributed by atoms with Gasteiger partial charge >= 0.3 is 0 Å². The van der Waals surface area contributed by atoms with Gasteiger partial charge in [0.25, 0.3) is 5.91 Å². The zero-order valence-corrected chi connectivity index (χ0v) is 15.5. The minimum atomic E-state index is -0.0824. The molecule has 0 unspecified atom stereocenters. The number of hydrogen-bond acceptors (Lipinski definition) is 5. The molecule has 0 radical (unpaired) electrons. The van der Waals surface area contributed by atoms with E-state index < -0.39 is 0 Å². The van der Waals surface area contributed by atoms with Gasteiger partial charge in [-0.25, -0.2) is 4.98 Å². The molecule has 0 aliphatic carbocycles. The van der Waals surface area contributed by atoms with Crippen LogP contribution in [0.5, 0.6) is 0 Å². The third kappa shape index (κ3) is 4.20. The second-order valence-electron chi connectivity index (χ2n) is 6.86. The topological polar surface area (TPSA) is 63.2 Å². The van der Waals surface area contributed by atoms with Gasteiger partial charge in [-0.05, 0) is 36.8 Å². The molecule has 7 heteroatoms. The number of aryl methyl sites for hydroxylation is 1. The lowest BCUT2D eigenvalue weighted by Gasteiger charge is -2.29. The first-order chi connectivity index (χ1) is 13.2. The second-order valence-corrected chi connectivity index (χ2v) is 6.86. The Labute approximate surface area is 158 Å². The zero-order chi connectivity index (χ0) is 18.6. The fraction of sp³-hybridized carbons (Fsp3) is 0.400. The van der Waals surface area contributed by atoms with Crippen molar-refractivity contribution in [2.45, 2.75) is 13.5 Å². The molecule has 7 nitrogen and oxygen atoms in total. The summed E-state index contributed by atoms with van der Waals surface area (Å²) in [5.41, 5.74) is 2.35. The molecule has 1 fully saturated rings. The number of fused-ring (bicyclic) bond motifs is 1. The van der Waals surface area contributed by atoms with Crippen LogP contribution in [-0.4, -0.2) is 64.5 Å². The summed E-state index contributed by atoms with van der Waals surface area (Å²) in [6.45, 7) is 7.17. The third-order valence-corrected chi connectivity index (χ3v) is 4.84. The van der Waals surface area contributed by atoms with E-state index in [-0.39, 0.29) is 5.91 Å². The maximum absolute atomic E-state index is 13.2. The van der Waals surface area contributed by atoms with Crippen molar-refractivity contribution in [2.75, 3.05) is 39.4 Å². The number of rotatable bonds is 6. The first-order valence-electron chi connectivity index (χ1n) is 9.26. The minimum absolute atomic E-state index is 0.0824. The summed E-state index contributed by atoms with van der Waals surface area (Å²) in [6.07, 6.45) is 5.35. The summed E-state index contributed by atoms with van der Waals surface area (Å²) in [5, 5.41) is 0. The maximum Gasteiger partial charge on any atom is 0.274 e. The van der Waals surface area contributed by atoms with E-state index in [4.69, 9.17) is 9.15 Å². The number of imidazole rings is 1. The Morgan fingerprint density at radius 1 is 1.30 bits per heavy atom. The highest BCUT2D eigenvalue weighted by atomic mass is 16.5. The van der Waals surface area contributed by atoms with Crippen LogP contribution < -0.4 is 0 Å². The zero-order valence-electron chi connectivity index (χ0n) is 15.5. The summed E-state index contributed by atoms with van der Waals surface area (Å²) in [5.74, 6) is 0.686. The van der Waals surface area contributed by atoms with Gasteiger partial charge < -0.3 is 18.5 Å². The molecule has 3 aromatic rings. The number of carbonyl (C=O) groups is 1. The molecule has 1 aliphatic rings. The second kappa shape index (κ2) is 7.94. The smallest absolute Gasteiger partial charge is 0.274 e. The standard InChI is InChI=1S/C20H24N4O3/c1-16-4-5-23-15-18(21-19(23)13-16)20(25)24(14-17-3-2-10-27-17)7-6-22-8-11-26-12-9-22/h2-5,10,13,15H,6-9,11-12,14H2,1H3. The van der Waals surface area contributed by atoms with Crippen LogP contribution in [0.2, 0.25) is 0 Å². The average Bonchev–Trinajstić information content (AvgIpc) is 3.34. The molecule has 0 aromatic carbocycles. The van der Waals surface area contributed by atoms with Crippen molar-refractivity contribution in [3.05, 3.63) is 59.9 Å². The number of ether oxygens (including phenoxy) is 1. The molecule has 0 spiro atoms. The molecular weight excluding hydrogens is 344 g/mol. The number of nitrogens with zero attached hydrogens (tertiary/aromatic N) is 4. The predicted molar refractivity (Wildman–Crippen MR) is 101 cm³/mol. The number of hydrogen-bond donors (Lipinski definition) is 0. The fourth-order valence-electron chi connectivity index (χ4n) is 3.28. The van der Waals surface area contributed by atoms with Gasteiger partial charge in [0.2, 0.25) is 0 Å². The Morgan fingerprint density at radius 3 is 2.93 bits per heavy atom.